The maximum atomic E-state index is 13.2. The van der Waals surface area contributed by atoms with Gasteiger partial charge in [0.1, 0.15) is 11.9 Å². The SMILES string of the molecule is C/C(=C\c1csc(C)n1)[C@@H]1C[C@@H](O)[C@H](N)CCC[C@H](C)[C@H](O)[C@@H](C)C(=O)C(C)(C)[C@@H](O)CC(=O)O1. The van der Waals surface area contributed by atoms with Gasteiger partial charge in [0, 0.05) is 23.8 Å². The van der Waals surface area contributed by atoms with Gasteiger partial charge in [0.15, 0.2) is 0 Å². The number of carbonyl (C=O) groups excluding carboxylic acids is 2. The molecule has 0 bridgehead atoms. The fourth-order valence-electron chi connectivity index (χ4n) is 4.55. The number of ketones is 1. The summed E-state index contributed by atoms with van der Waals surface area (Å²) in [5.41, 5.74) is 6.43. The van der Waals surface area contributed by atoms with Gasteiger partial charge in [-0.05, 0) is 44.3 Å². The molecule has 1 saturated heterocycles. The average Bonchev–Trinajstić information content (AvgIpc) is 3.20. The summed E-state index contributed by atoms with van der Waals surface area (Å²) >= 11 is 1.51. The number of aromatic nitrogens is 1. The number of hydrogen-bond donors (Lipinski definition) is 4. The summed E-state index contributed by atoms with van der Waals surface area (Å²) in [5, 5.41) is 35.2. The Morgan fingerprint density at radius 1 is 1.23 bits per heavy atom. The number of aryl methyl sites for hydroxylation is 1. The highest BCUT2D eigenvalue weighted by molar-refractivity contribution is 7.09. The quantitative estimate of drug-likeness (QED) is 0.445. The van der Waals surface area contributed by atoms with E-state index in [4.69, 9.17) is 10.5 Å². The fraction of sp³-hybridized carbons (Fsp3) is 0.731. The Morgan fingerprint density at radius 2 is 1.89 bits per heavy atom. The molecule has 2 heterocycles. The number of aliphatic hydroxyl groups is 3. The Hall–Kier alpha value is -1.65. The van der Waals surface area contributed by atoms with Crippen LogP contribution in [0.4, 0.5) is 0 Å². The molecule has 1 aromatic heterocycles. The molecule has 1 aliphatic rings. The van der Waals surface area contributed by atoms with Crippen molar-refractivity contribution in [2.45, 2.75) is 104 Å². The Bertz CT molecular complexity index is 898. The highest BCUT2D eigenvalue weighted by atomic mass is 32.1. The molecule has 198 valence electrons. The zero-order chi connectivity index (χ0) is 26.5. The lowest BCUT2D eigenvalue weighted by molar-refractivity contribution is -0.155. The molecule has 0 unspecified atom stereocenters. The minimum atomic E-state index is -1.29. The predicted octanol–water partition coefficient (Wildman–Crippen LogP) is 3.01. The van der Waals surface area contributed by atoms with Gasteiger partial charge in [0.05, 0.1) is 40.8 Å². The summed E-state index contributed by atoms with van der Waals surface area (Å²) in [5.74, 6) is -1.86. The third kappa shape index (κ3) is 7.92. The lowest BCUT2D eigenvalue weighted by Gasteiger charge is -2.35. The van der Waals surface area contributed by atoms with Gasteiger partial charge in [-0.2, -0.15) is 0 Å². The van der Waals surface area contributed by atoms with E-state index in [0.717, 1.165) is 10.7 Å². The first-order valence-electron chi connectivity index (χ1n) is 12.4. The topological polar surface area (TPSA) is 143 Å². The third-order valence-electron chi connectivity index (χ3n) is 7.28. The zero-order valence-electron chi connectivity index (χ0n) is 21.7. The lowest BCUT2D eigenvalue weighted by Crippen LogP contribution is -2.46. The number of esters is 1. The number of ether oxygens (including phenoxy) is 1. The first kappa shape index (κ1) is 29.6. The van der Waals surface area contributed by atoms with E-state index in [-0.39, 0.29) is 18.1 Å². The van der Waals surface area contributed by atoms with Gasteiger partial charge in [-0.25, -0.2) is 4.98 Å². The van der Waals surface area contributed by atoms with E-state index < -0.39 is 54.2 Å². The van der Waals surface area contributed by atoms with E-state index in [9.17, 15) is 24.9 Å². The van der Waals surface area contributed by atoms with Crippen molar-refractivity contribution in [1.29, 1.82) is 0 Å². The van der Waals surface area contributed by atoms with Crippen LogP contribution >= 0.6 is 11.3 Å². The molecule has 1 fully saturated rings. The van der Waals surface area contributed by atoms with Gasteiger partial charge in [-0.3, -0.25) is 9.59 Å². The molecule has 5 N–H and O–H groups in total. The number of cyclic esters (lactones) is 1. The number of nitrogens with zero attached hydrogens (tertiary/aromatic N) is 1. The third-order valence-corrected chi connectivity index (χ3v) is 8.07. The van der Waals surface area contributed by atoms with Gasteiger partial charge in [0.25, 0.3) is 0 Å². The second-order valence-electron chi connectivity index (χ2n) is 10.6. The van der Waals surface area contributed by atoms with Gasteiger partial charge in [0.2, 0.25) is 0 Å². The van der Waals surface area contributed by atoms with Crippen LogP contribution in [0, 0.1) is 24.2 Å². The van der Waals surface area contributed by atoms with Crippen molar-refractivity contribution >= 4 is 29.2 Å². The van der Waals surface area contributed by atoms with Crippen LogP contribution in [0.25, 0.3) is 6.08 Å². The molecule has 0 saturated carbocycles. The molecule has 8 nitrogen and oxygen atoms in total. The second kappa shape index (κ2) is 12.5. The molecular weight excluding hydrogens is 468 g/mol. The molecule has 1 aliphatic heterocycles. The molecule has 0 spiro atoms. The van der Waals surface area contributed by atoms with Crippen LogP contribution in [0.1, 0.15) is 77.4 Å². The molecular formula is C26H42N2O6S. The van der Waals surface area contributed by atoms with E-state index in [0.29, 0.717) is 24.8 Å². The first-order chi connectivity index (χ1) is 16.2. The fourth-order valence-corrected chi connectivity index (χ4v) is 5.12. The summed E-state index contributed by atoms with van der Waals surface area (Å²) in [6.07, 6.45) is -0.492. The van der Waals surface area contributed by atoms with E-state index in [2.05, 4.69) is 4.98 Å². The maximum Gasteiger partial charge on any atom is 0.309 e. The number of nitrogens with two attached hydrogens (primary N) is 1. The number of rotatable bonds is 2. The summed E-state index contributed by atoms with van der Waals surface area (Å²) in [7, 11) is 0. The van der Waals surface area contributed by atoms with Crippen LogP contribution in [0.5, 0.6) is 0 Å². The number of carbonyl (C=O) groups is 2. The summed E-state index contributed by atoms with van der Waals surface area (Å²) in [6.45, 7) is 10.4. The van der Waals surface area contributed by atoms with Gasteiger partial charge >= 0.3 is 5.97 Å². The molecule has 35 heavy (non-hydrogen) atoms. The monoisotopic (exact) mass is 510 g/mol. The molecule has 9 heteroatoms. The van der Waals surface area contributed by atoms with Crippen molar-refractivity contribution in [1.82, 2.24) is 4.98 Å². The molecule has 0 radical (unpaired) electrons. The molecule has 0 aliphatic carbocycles. The van der Waals surface area contributed by atoms with Crippen LogP contribution < -0.4 is 5.73 Å². The Balaban J connectivity index is 2.33. The first-order valence-corrected chi connectivity index (χ1v) is 13.3. The number of thiazole rings is 1. The van der Waals surface area contributed by atoms with Crippen LogP contribution in [0.15, 0.2) is 11.0 Å². The van der Waals surface area contributed by atoms with E-state index >= 15 is 0 Å². The average molecular weight is 511 g/mol. The standard InChI is InChI=1S/C26H42N2O6S/c1-14-8-7-9-19(27)20(29)11-21(15(2)10-18-13-35-17(4)28-18)34-23(31)12-22(30)26(5,6)25(33)16(3)24(14)32/h10,13-14,16,19-22,24,29-30,32H,7-9,11-12,27H2,1-6H3/b15-10+/t14-,16+,19+,20+,21-,22-,24-/m0/s1. The van der Waals surface area contributed by atoms with E-state index in [1.807, 2.05) is 25.3 Å². The molecule has 0 aromatic carbocycles. The van der Waals surface area contributed by atoms with Crippen molar-refractivity contribution < 1.29 is 29.6 Å². The minimum Gasteiger partial charge on any atom is -0.458 e. The normalized spacial score (nSPS) is 34.5. The highest BCUT2D eigenvalue weighted by Gasteiger charge is 2.42. The zero-order valence-corrected chi connectivity index (χ0v) is 22.5. The molecule has 0 amide bonds. The predicted molar refractivity (Wildman–Crippen MR) is 137 cm³/mol. The minimum absolute atomic E-state index is 0.103. The van der Waals surface area contributed by atoms with E-state index in [1.165, 1.54) is 11.3 Å². The molecule has 2 rings (SSSR count). The van der Waals surface area contributed by atoms with Crippen LogP contribution in [0.3, 0.4) is 0 Å². The highest BCUT2D eigenvalue weighted by Crippen LogP contribution is 2.32. The van der Waals surface area contributed by atoms with Crippen LogP contribution in [-0.4, -0.2) is 62.5 Å². The van der Waals surface area contributed by atoms with Crippen molar-refractivity contribution in [2.24, 2.45) is 23.0 Å². The largest absolute Gasteiger partial charge is 0.458 e. The lowest BCUT2D eigenvalue weighted by atomic mass is 9.73. The number of Topliss-reactive ketones (excluding diaryl/α,β-unsaturated/α-hetero) is 1. The maximum absolute atomic E-state index is 13.2. The van der Waals surface area contributed by atoms with Gasteiger partial charge < -0.3 is 25.8 Å². The van der Waals surface area contributed by atoms with Gasteiger partial charge in [-0.15, -0.1) is 11.3 Å². The van der Waals surface area contributed by atoms with Crippen molar-refractivity contribution in [3.8, 4) is 0 Å². The van der Waals surface area contributed by atoms with Crippen LogP contribution in [-0.2, 0) is 14.3 Å². The van der Waals surface area contributed by atoms with Crippen LogP contribution in [0.2, 0.25) is 0 Å². The van der Waals surface area contributed by atoms with Gasteiger partial charge in [-0.1, -0.05) is 34.1 Å². The molecule has 7 atom stereocenters. The Labute approximate surface area is 212 Å². The van der Waals surface area contributed by atoms with Crippen molar-refractivity contribution in [3.63, 3.8) is 0 Å². The van der Waals surface area contributed by atoms with Crippen molar-refractivity contribution in [2.75, 3.05) is 0 Å². The smallest absolute Gasteiger partial charge is 0.309 e. The van der Waals surface area contributed by atoms with Crippen molar-refractivity contribution in [3.05, 3.63) is 21.7 Å². The number of hydrogen-bond acceptors (Lipinski definition) is 9. The summed E-state index contributed by atoms with van der Waals surface area (Å²) in [6, 6.07) is -0.536. The summed E-state index contributed by atoms with van der Waals surface area (Å²) in [4.78, 5) is 30.4. The number of aliphatic hydroxyl groups excluding tert-OH is 3. The Kier molecular flexibility index (Phi) is 10.6. The Morgan fingerprint density at radius 3 is 2.49 bits per heavy atom. The van der Waals surface area contributed by atoms with E-state index in [1.54, 1.807) is 27.7 Å². The molecule has 1 aromatic rings. The summed E-state index contributed by atoms with van der Waals surface area (Å²) < 4.78 is 5.71. The second-order valence-corrected chi connectivity index (χ2v) is 11.7.